The van der Waals surface area contributed by atoms with Gasteiger partial charge in [0.05, 0.1) is 5.41 Å². The van der Waals surface area contributed by atoms with Crippen LogP contribution in [0.15, 0.2) is 29.7 Å². The Hall–Kier alpha value is -0.840. The van der Waals surface area contributed by atoms with Gasteiger partial charge in [-0.1, -0.05) is 29.8 Å². The first-order valence-corrected chi connectivity index (χ1v) is 5.27. The summed E-state index contributed by atoms with van der Waals surface area (Å²) in [6.07, 6.45) is 1.23. The standard InChI is InChI=1S/C8H7ClO3S/c9-8-4-2-1-3-7(8)5-6-13(10,11)12/h1-6H,(H,10,11,12). The summed E-state index contributed by atoms with van der Waals surface area (Å²) in [5.41, 5.74) is 0.543. The second kappa shape index (κ2) is 3.91. The maximum Gasteiger partial charge on any atom is 0.287 e. The van der Waals surface area contributed by atoms with Crippen molar-refractivity contribution < 1.29 is 13.0 Å². The molecule has 0 aliphatic rings. The summed E-state index contributed by atoms with van der Waals surface area (Å²) in [4.78, 5) is 0. The van der Waals surface area contributed by atoms with Crippen LogP contribution in [-0.4, -0.2) is 13.0 Å². The molecule has 1 aromatic rings. The normalized spacial score (nSPS) is 12.2. The summed E-state index contributed by atoms with van der Waals surface area (Å²) in [5.74, 6) is 0. The van der Waals surface area contributed by atoms with Crippen molar-refractivity contribution in [2.75, 3.05) is 0 Å². The topological polar surface area (TPSA) is 54.4 Å². The zero-order valence-electron chi connectivity index (χ0n) is 6.51. The molecule has 0 saturated carbocycles. The average Bonchev–Trinajstić information content (AvgIpc) is 2.01. The first kappa shape index (κ1) is 10.2. The number of hydrogen-bond acceptors (Lipinski definition) is 2. The van der Waals surface area contributed by atoms with Crippen molar-refractivity contribution in [2.24, 2.45) is 0 Å². The lowest BCUT2D eigenvalue weighted by Crippen LogP contribution is -1.88. The highest BCUT2D eigenvalue weighted by Crippen LogP contribution is 2.16. The van der Waals surface area contributed by atoms with Crippen LogP contribution in [0.25, 0.3) is 6.08 Å². The number of rotatable bonds is 2. The Morgan fingerprint density at radius 2 is 1.92 bits per heavy atom. The van der Waals surface area contributed by atoms with Gasteiger partial charge in [0.2, 0.25) is 0 Å². The number of halogens is 1. The third kappa shape index (κ3) is 3.59. The van der Waals surface area contributed by atoms with Crippen LogP contribution in [0.3, 0.4) is 0 Å². The predicted molar refractivity (Wildman–Crippen MR) is 52.0 cm³/mol. The fraction of sp³-hybridized carbons (Fsp3) is 0. The third-order valence-electron chi connectivity index (χ3n) is 1.32. The molecule has 0 heterocycles. The van der Waals surface area contributed by atoms with Gasteiger partial charge in [-0.05, 0) is 17.7 Å². The Balaban J connectivity index is 3.00. The van der Waals surface area contributed by atoms with Crippen LogP contribution in [0.2, 0.25) is 5.02 Å². The molecule has 5 heteroatoms. The van der Waals surface area contributed by atoms with Crippen molar-refractivity contribution >= 4 is 27.8 Å². The molecule has 0 spiro atoms. The fourth-order valence-electron chi connectivity index (χ4n) is 0.770. The van der Waals surface area contributed by atoms with Crippen LogP contribution in [0.5, 0.6) is 0 Å². The van der Waals surface area contributed by atoms with Crippen LogP contribution in [0.4, 0.5) is 0 Å². The van der Waals surface area contributed by atoms with Gasteiger partial charge in [0.15, 0.2) is 0 Å². The average molecular weight is 219 g/mol. The van der Waals surface area contributed by atoms with Gasteiger partial charge >= 0.3 is 0 Å². The molecule has 0 amide bonds. The summed E-state index contributed by atoms with van der Waals surface area (Å²) in [6, 6.07) is 6.72. The van der Waals surface area contributed by atoms with Gasteiger partial charge in [-0.3, -0.25) is 4.55 Å². The molecule has 1 rings (SSSR count). The molecule has 0 aromatic heterocycles. The Morgan fingerprint density at radius 3 is 2.46 bits per heavy atom. The fourth-order valence-corrected chi connectivity index (χ4v) is 1.29. The number of hydrogen-bond donors (Lipinski definition) is 1. The highest BCUT2D eigenvalue weighted by Gasteiger charge is 1.97. The highest BCUT2D eigenvalue weighted by atomic mass is 35.5. The van der Waals surface area contributed by atoms with E-state index in [-0.39, 0.29) is 0 Å². The van der Waals surface area contributed by atoms with Crippen molar-refractivity contribution in [3.63, 3.8) is 0 Å². The summed E-state index contributed by atoms with van der Waals surface area (Å²) < 4.78 is 29.1. The maximum absolute atomic E-state index is 10.3. The van der Waals surface area contributed by atoms with Crippen LogP contribution in [-0.2, 0) is 10.1 Å². The minimum atomic E-state index is -4.08. The molecule has 0 fully saturated rings. The molecule has 0 radical (unpaired) electrons. The van der Waals surface area contributed by atoms with E-state index >= 15 is 0 Å². The second-order valence-electron chi connectivity index (χ2n) is 2.34. The van der Waals surface area contributed by atoms with Crippen molar-refractivity contribution in [3.05, 3.63) is 40.3 Å². The summed E-state index contributed by atoms with van der Waals surface area (Å²) in [7, 11) is -4.08. The van der Waals surface area contributed by atoms with Crippen LogP contribution >= 0.6 is 11.6 Å². The van der Waals surface area contributed by atoms with Gasteiger partial charge in [0.1, 0.15) is 0 Å². The van der Waals surface area contributed by atoms with E-state index < -0.39 is 10.1 Å². The smallest absolute Gasteiger partial charge is 0.282 e. The molecular formula is C8H7ClO3S. The molecule has 0 atom stereocenters. The van der Waals surface area contributed by atoms with Crippen LogP contribution < -0.4 is 0 Å². The van der Waals surface area contributed by atoms with Gasteiger partial charge in [-0.25, -0.2) is 0 Å². The first-order valence-electron chi connectivity index (χ1n) is 3.39. The molecule has 1 aromatic carbocycles. The molecule has 13 heavy (non-hydrogen) atoms. The molecule has 3 nitrogen and oxygen atoms in total. The van der Waals surface area contributed by atoms with E-state index in [2.05, 4.69) is 0 Å². The SMILES string of the molecule is O=S(=O)(O)C=Cc1ccccc1Cl. The number of benzene rings is 1. The molecule has 0 bridgehead atoms. The van der Waals surface area contributed by atoms with E-state index in [1.165, 1.54) is 6.08 Å². The van der Waals surface area contributed by atoms with E-state index in [1.807, 2.05) is 0 Å². The molecular weight excluding hydrogens is 212 g/mol. The minimum Gasteiger partial charge on any atom is -0.282 e. The quantitative estimate of drug-likeness (QED) is 0.775. The molecule has 0 aliphatic carbocycles. The molecule has 0 saturated heterocycles. The van der Waals surface area contributed by atoms with Crippen LogP contribution in [0, 0.1) is 0 Å². The first-order chi connectivity index (χ1) is 5.99. The molecule has 70 valence electrons. The lowest BCUT2D eigenvalue weighted by atomic mass is 10.2. The molecule has 1 N–H and O–H groups in total. The van der Waals surface area contributed by atoms with Gasteiger partial charge in [-0.15, -0.1) is 0 Å². The third-order valence-corrected chi connectivity index (χ3v) is 2.15. The van der Waals surface area contributed by atoms with E-state index in [9.17, 15) is 8.42 Å². The highest BCUT2D eigenvalue weighted by molar-refractivity contribution is 7.88. The van der Waals surface area contributed by atoms with E-state index in [0.29, 0.717) is 16.0 Å². The summed E-state index contributed by atoms with van der Waals surface area (Å²) in [6.45, 7) is 0. The predicted octanol–water partition coefficient (Wildman–Crippen LogP) is 2.20. The Kier molecular flexibility index (Phi) is 3.08. The van der Waals surface area contributed by atoms with Gasteiger partial charge < -0.3 is 0 Å². The van der Waals surface area contributed by atoms with Gasteiger partial charge in [-0.2, -0.15) is 8.42 Å². The van der Waals surface area contributed by atoms with Gasteiger partial charge in [0, 0.05) is 5.02 Å². The zero-order chi connectivity index (χ0) is 9.90. The lowest BCUT2D eigenvalue weighted by Gasteiger charge is -1.94. The largest absolute Gasteiger partial charge is 0.287 e. The molecule has 0 aliphatic heterocycles. The van der Waals surface area contributed by atoms with Crippen molar-refractivity contribution in [1.29, 1.82) is 0 Å². The van der Waals surface area contributed by atoms with E-state index in [1.54, 1.807) is 24.3 Å². The van der Waals surface area contributed by atoms with E-state index in [0.717, 1.165) is 0 Å². The monoisotopic (exact) mass is 218 g/mol. The maximum atomic E-state index is 10.3. The van der Waals surface area contributed by atoms with E-state index in [4.69, 9.17) is 16.2 Å². The summed E-state index contributed by atoms with van der Waals surface area (Å²) in [5, 5.41) is 1.12. The lowest BCUT2D eigenvalue weighted by molar-refractivity contribution is 0.494. The van der Waals surface area contributed by atoms with Crippen molar-refractivity contribution in [3.8, 4) is 0 Å². The Bertz CT molecular complexity index is 423. The Labute approximate surface area is 81.4 Å². The summed E-state index contributed by atoms with van der Waals surface area (Å²) >= 11 is 5.73. The van der Waals surface area contributed by atoms with Crippen molar-refractivity contribution in [1.82, 2.24) is 0 Å². The van der Waals surface area contributed by atoms with Gasteiger partial charge in [0.25, 0.3) is 10.1 Å². The molecule has 0 unspecified atom stereocenters. The minimum absolute atomic E-state index is 0.433. The van der Waals surface area contributed by atoms with Crippen molar-refractivity contribution in [2.45, 2.75) is 0 Å². The second-order valence-corrected chi connectivity index (χ2v) is 4.05. The van der Waals surface area contributed by atoms with Crippen LogP contribution in [0.1, 0.15) is 5.56 Å². The Morgan fingerprint density at radius 1 is 1.31 bits per heavy atom. The zero-order valence-corrected chi connectivity index (χ0v) is 8.09.